The van der Waals surface area contributed by atoms with Crippen molar-refractivity contribution >= 4 is 34.8 Å². The van der Waals surface area contributed by atoms with Gasteiger partial charge in [0.05, 0.1) is 10.7 Å². The smallest absolute Gasteiger partial charge is 0.255 e. The SMILES string of the molecule is Cc1cc(C)cc(C(=O)Nc2ccc(N3CCN(C(=O)c4ccccc4C)CC3)c(Cl)c2)c1. The lowest BCUT2D eigenvalue weighted by Gasteiger charge is -2.36. The van der Waals surface area contributed by atoms with Crippen molar-refractivity contribution in [1.82, 2.24) is 4.90 Å². The molecule has 2 amide bonds. The molecule has 1 aliphatic rings. The molecule has 6 heteroatoms. The molecule has 0 bridgehead atoms. The number of anilines is 2. The molecule has 0 unspecified atom stereocenters. The summed E-state index contributed by atoms with van der Waals surface area (Å²) < 4.78 is 0. The van der Waals surface area contributed by atoms with Crippen LogP contribution in [0.3, 0.4) is 0 Å². The van der Waals surface area contributed by atoms with Gasteiger partial charge in [0.1, 0.15) is 0 Å². The first-order valence-electron chi connectivity index (χ1n) is 11.1. The van der Waals surface area contributed by atoms with E-state index in [0.717, 1.165) is 27.9 Å². The molecule has 0 aliphatic carbocycles. The fraction of sp³-hybridized carbons (Fsp3) is 0.259. The van der Waals surface area contributed by atoms with Crippen molar-refractivity contribution in [3.05, 3.63) is 93.5 Å². The second-order valence-electron chi connectivity index (χ2n) is 8.59. The largest absolute Gasteiger partial charge is 0.367 e. The van der Waals surface area contributed by atoms with Crippen LogP contribution in [-0.4, -0.2) is 42.9 Å². The summed E-state index contributed by atoms with van der Waals surface area (Å²) in [6.07, 6.45) is 0. The predicted octanol–water partition coefficient (Wildman–Crippen LogP) is 5.48. The van der Waals surface area contributed by atoms with E-state index in [1.165, 1.54) is 0 Å². The van der Waals surface area contributed by atoms with Crippen LogP contribution in [0, 0.1) is 20.8 Å². The van der Waals surface area contributed by atoms with Crippen LogP contribution < -0.4 is 10.2 Å². The molecule has 4 rings (SSSR count). The Morgan fingerprint density at radius 1 is 0.848 bits per heavy atom. The molecule has 0 spiro atoms. The van der Waals surface area contributed by atoms with Gasteiger partial charge >= 0.3 is 0 Å². The Morgan fingerprint density at radius 2 is 1.52 bits per heavy atom. The molecule has 170 valence electrons. The van der Waals surface area contributed by atoms with E-state index in [9.17, 15) is 9.59 Å². The number of halogens is 1. The van der Waals surface area contributed by atoms with Gasteiger partial charge in [0.15, 0.2) is 0 Å². The molecule has 1 aliphatic heterocycles. The Labute approximate surface area is 200 Å². The summed E-state index contributed by atoms with van der Waals surface area (Å²) in [7, 11) is 0. The Morgan fingerprint density at radius 3 is 2.15 bits per heavy atom. The Hall–Kier alpha value is -3.31. The van der Waals surface area contributed by atoms with E-state index in [2.05, 4.69) is 10.2 Å². The number of carbonyl (C=O) groups excluding carboxylic acids is 2. The molecule has 1 heterocycles. The van der Waals surface area contributed by atoms with E-state index in [1.807, 2.05) is 80.3 Å². The minimum atomic E-state index is -0.158. The van der Waals surface area contributed by atoms with Gasteiger partial charge in [-0.05, 0) is 62.7 Å². The lowest BCUT2D eigenvalue weighted by Crippen LogP contribution is -2.49. The van der Waals surface area contributed by atoms with Gasteiger partial charge in [-0.25, -0.2) is 0 Å². The van der Waals surface area contributed by atoms with Crippen molar-refractivity contribution in [3.63, 3.8) is 0 Å². The topological polar surface area (TPSA) is 52.7 Å². The van der Waals surface area contributed by atoms with Gasteiger partial charge < -0.3 is 15.1 Å². The van der Waals surface area contributed by atoms with E-state index < -0.39 is 0 Å². The molecule has 3 aromatic rings. The van der Waals surface area contributed by atoms with Gasteiger partial charge in [-0.1, -0.05) is 47.0 Å². The van der Waals surface area contributed by atoms with E-state index >= 15 is 0 Å². The molecule has 33 heavy (non-hydrogen) atoms. The van der Waals surface area contributed by atoms with E-state index in [0.29, 0.717) is 42.5 Å². The zero-order chi connectivity index (χ0) is 23.5. The molecule has 1 N–H and O–H groups in total. The second-order valence-corrected chi connectivity index (χ2v) is 9.00. The average molecular weight is 462 g/mol. The number of hydrogen-bond acceptors (Lipinski definition) is 3. The maximum atomic E-state index is 12.9. The van der Waals surface area contributed by atoms with Crippen molar-refractivity contribution in [2.45, 2.75) is 20.8 Å². The summed E-state index contributed by atoms with van der Waals surface area (Å²) >= 11 is 6.58. The molecule has 0 saturated carbocycles. The number of amides is 2. The van der Waals surface area contributed by atoms with Crippen LogP contribution in [0.2, 0.25) is 5.02 Å². The maximum absolute atomic E-state index is 12.9. The molecule has 1 fully saturated rings. The highest BCUT2D eigenvalue weighted by Gasteiger charge is 2.24. The number of rotatable bonds is 4. The molecular formula is C27H28ClN3O2. The highest BCUT2D eigenvalue weighted by molar-refractivity contribution is 6.33. The molecule has 0 radical (unpaired) electrons. The summed E-state index contributed by atoms with van der Waals surface area (Å²) in [5.41, 5.74) is 6.04. The molecule has 1 saturated heterocycles. The van der Waals surface area contributed by atoms with Gasteiger partial charge in [0.2, 0.25) is 0 Å². The summed E-state index contributed by atoms with van der Waals surface area (Å²) in [6.45, 7) is 8.58. The number of nitrogens with zero attached hydrogens (tertiary/aromatic N) is 2. The van der Waals surface area contributed by atoms with Crippen molar-refractivity contribution in [3.8, 4) is 0 Å². The normalized spacial score (nSPS) is 13.7. The van der Waals surface area contributed by atoms with Crippen molar-refractivity contribution < 1.29 is 9.59 Å². The third-order valence-electron chi connectivity index (χ3n) is 5.97. The van der Waals surface area contributed by atoms with E-state index in [-0.39, 0.29) is 11.8 Å². The average Bonchev–Trinajstić information content (AvgIpc) is 2.78. The van der Waals surface area contributed by atoms with Crippen molar-refractivity contribution in [1.29, 1.82) is 0 Å². The zero-order valence-electron chi connectivity index (χ0n) is 19.2. The number of piperazine rings is 1. The minimum absolute atomic E-state index is 0.0725. The number of carbonyl (C=O) groups is 2. The third kappa shape index (κ3) is 5.20. The Balaban J connectivity index is 1.40. The zero-order valence-corrected chi connectivity index (χ0v) is 19.9. The van der Waals surface area contributed by atoms with Crippen LogP contribution in [0.1, 0.15) is 37.4 Å². The summed E-state index contributed by atoms with van der Waals surface area (Å²) in [5, 5.41) is 3.51. The van der Waals surface area contributed by atoms with E-state index in [4.69, 9.17) is 11.6 Å². The first-order valence-corrected chi connectivity index (χ1v) is 11.5. The van der Waals surface area contributed by atoms with E-state index in [1.54, 1.807) is 6.07 Å². The summed E-state index contributed by atoms with van der Waals surface area (Å²) in [4.78, 5) is 29.6. The molecule has 0 atom stereocenters. The second kappa shape index (κ2) is 9.67. The number of nitrogens with one attached hydrogen (secondary N) is 1. The van der Waals surface area contributed by atoms with Gasteiger partial charge in [0.25, 0.3) is 11.8 Å². The van der Waals surface area contributed by atoms with Gasteiger partial charge in [-0.15, -0.1) is 0 Å². The van der Waals surface area contributed by atoms with Gasteiger partial charge in [-0.2, -0.15) is 0 Å². The lowest BCUT2D eigenvalue weighted by atomic mass is 10.1. The number of aryl methyl sites for hydroxylation is 3. The molecule has 0 aromatic heterocycles. The molecular weight excluding hydrogens is 434 g/mol. The standard InChI is InChI=1S/C27H28ClN3O2/c1-18-14-19(2)16-21(15-18)26(32)29-22-8-9-25(24(28)17-22)30-10-12-31(13-11-30)27(33)23-7-5-4-6-20(23)3/h4-9,14-17H,10-13H2,1-3H3,(H,29,32). The van der Waals surface area contributed by atoms with Crippen molar-refractivity contribution in [2.75, 3.05) is 36.4 Å². The lowest BCUT2D eigenvalue weighted by molar-refractivity contribution is 0.0746. The quantitative estimate of drug-likeness (QED) is 0.559. The Bertz CT molecular complexity index is 1180. The predicted molar refractivity (Wildman–Crippen MR) is 135 cm³/mol. The van der Waals surface area contributed by atoms with Crippen LogP contribution in [0.25, 0.3) is 0 Å². The number of hydrogen-bond donors (Lipinski definition) is 1. The maximum Gasteiger partial charge on any atom is 0.255 e. The van der Waals surface area contributed by atoms with Crippen LogP contribution >= 0.6 is 11.6 Å². The first kappa shape index (κ1) is 22.9. The fourth-order valence-electron chi connectivity index (χ4n) is 4.28. The first-order chi connectivity index (χ1) is 15.8. The van der Waals surface area contributed by atoms with Gasteiger partial charge in [0, 0.05) is 43.0 Å². The van der Waals surface area contributed by atoms with Crippen LogP contribution in [0.5, 0.6) is 0 Å². The molecule has 3 aromatic carbocycles. The number of benzene rings is 3. The summed E-state index contributed by atoms with van der Waals surface area (Å²) in [6, 6.07) is 19.0. The fourth-order valence-corrected chi connectivity index (χ4v) is 4.58. The van der Waals surface area contributed by atoms with Gasteiger partial charge in [-0.3, -0.25) is 9.59 Å². The van der Waals surface area contributed by atoms with Crippen molar-refractivity contribution in [2.24, 2.45) is 0 Å². The summed E-state index contributed by atoms with van der Waals surface area (Å²) in [5.74, 6) is -0.0859. The molecule has 5 nitrogen and oxygen atoms in total. The van der Waals surface area contributed by atoms with Crippen LogP contribution in [-0.2, 0) is 0 Å². The monoisotopic (exact) mass is 461 g/mol. The van der Waals surface area contributed by atoms with Crippen LogP contribution in [0.15, 0.2) is 60.7 Å². The third-order valence-corrected chi connectivity index (χ3v) is 6.28. The highest BCUT2D eigenvalue weighted by Crippen LogP contribution is 2.30. The van der Waals surface area contributed by atoms with Crippen LogP contribution in [0.4, 0.5) is 11.4 Å². The minimum Gasteiger partial charge on any atom is -0.367 e. The highest BCUT2D eigenvalue weighted by atomic mass is 35.5. The Kier molecular flexibility index (Phi) is 6.70.